The highest BCUT2D eigenvalue weighted by Crippen LogP contribution is 2.53. The Kier molecular flexibility index (Phi) is 2.53. The summed E-state index contributed by atoms with van der Waals surface area (Å²) >= 11 is 0. The molecule has 1 aliphatic carbocycles. The Labute approximate surface area is 102 Å². The molecule has 1 aliphatic rings. The Hall–Kier alpha value is -1.38. The summed E-state index contributed by atoms with van der Waals surface area (Å²) in [5, 5.41) is 10.9. The number of rotatable bonds is 2. The van der Waals surface area contributed by atoms with Crippen LogP contribution in [0.1, 0.15) is 51.2 Å². The van der Waals surface area contributed by atoms with Crippen LogP contribution in [0.3, 0.4) is 0 Å². The second-order valence-corrected chi connectivity index (χ2v) is 6.24. The predicted octanol–water partition coefficient (Wildman–Crippen LogP) is 3.51. The Morgan fingerprint density at radius 1 is 1.29 bits per heavy atom. The molecule has 3 heteroatoms. The molecule has 0 aliphatic heterocycles. The van der Waals surface area contributed by atoms with Crippen LogP contribution >= 0.6 is 0 Å². The van der Waals surface area contributed by atoms with Crippen molar-refractivity contribution in [2.24, 2.45) is 0 Å². The Balaban J connectivity index is 2.19. The SMILES string of the molecule is CC(C)(C)c1ccc(C2CC2(C)[N+](=O)[O-])cc1. The zero-order valence-corrected chi connectivity index (χ0v) is 10.9. The van der Waals surface area contributed by atoms with E-state index in [-0.39, 0.29) is 16.3 Å². The van der Waals surface area contributed by atoms with Crippen LogP contribution in [0.15, 0.2) is 24.3 Å². The van der Waals surface area contributed by atoms with E-state index in [2.05, 4.69) is 32.9 Å². The molecule has 0 bridgehead atoms. The second-order valence-electron chi connectivity index (χ2n) is 6.24. The third-order valence-corrected chi connectivity index (χ3v) is 3.80. The van der Waals surface area contributed by atoms with Gasteiger partial charge in [-0.05, 0) is 16.5 Å². The van der Waals surface area contributed by atoms with Crippen LogP contribution in [-0.4, -0.2) is 10.5 Å². The van der Waals surface area contributed by atoms with Gasteiger partial charge in [-0.2, -0.15) is 0 Å². The topological polar surface area (TPSA) is 43.1 Å². The van der Waals surface area contributed by atoms with E-state index in [1.54, 1.807) is 6.92 Å². The summed E-state index contributed by atoms with van der Waals surface area (Å²) < 4.78 is 0. The van der Waals surface area contributed by atoms with Gasteiger partial charge in [-0.15, -0.1) is 0 Å². The highest BCUT2D eigenvalue weighted by Gasteiger charge is 2.62. The molecule has 3 nitrogen and oxygen atoms in total. The van der Waals surface area contributed by atoms with Gasteiger partial charge in [0.2, 0.25) is 5.54 Å². The third-order valence-electron chi connectivity index (χ3n) is 3.80. The fraction of sp³-hybridized carbons (Fsp3) is 0.571. The number of nitro groups is 1. The standard InChI is InChI=1S/C14H19NO2/c1-13(2,3)11-7-5-10(6-8-11)12-9-14(12,4)15(16)17/h5-8,12H,9H2,1-4H3. The van der Waals surface area contributed by atoms with Crippen molar-refractivity contribution in [3.05, 3.63) is 45.5 Å². The van der Waals surface area contributed by atoms with Crippen LogP contribution in [0, 0.1) is 10.1 Å². The molecule has 2 unspecified atom stereocenters. The smallest absolute Gasteiger partial charge is 0.227 e. The van der Waals surface area contributed by atoms with Crippen molar-refractivity contribution >= 4 is 0 Å². The summed E-state index contributed by atoms with van der Waals surface area (Å²) in [6, 6.07) is 8.27. The van der Waals surface area contributed by atoms with Gasteiger partial charge in [-0.1, -0.05) is 45.0 Å². The second kappa shape index (κ2) is 3.56. The van der Waals surface area contributed by atoms with E-state index in [0.29, 0.717) is 6.42 Å². The molecule has 1 saturated carbocycles. The van der Waals surface area contributed by atoms with Gasteiger partial charge in [0, 0.05) is 18.3 Å². The molecule has 0 spiro atoms. The van der Waals surface area contributed by atoms with Crippen LogP contribution in [-0.2, 0) is 5.41 Å². The molecule has 2 rings (SSSR count). The van der Waals surface area contributed by atoms with Gasteiger partial charge in [0.25, 0.3) is 0 Å². The summed E-state index contributed by atoms with van der Waals surface area (Å²) in [4.78, 5) is 10.8. The van der Waals surface area contributed by atoms with E-state index >= 15 is 0 Å². The number of benzene rings is 1. The summed E-state index contributed by atoms with van der Waals surface area (Å²) in [5.41, 5.74) is 1.76. The molecular weight excluding hydrogens is 214 g/mol. The van der Waals surface area contributed by atoms with E-state index in [4.69, 9.17) is 0 Å². The first-order valence-electron chi connectivity index (χ1n) is 6.00. The minimum Gasteiger partial charge on any atom is -0.264 e. The first kappa shape index (κ1) is 12.1. The first-order valence-corrected chi connectivity index (χ1v) is 6.00. The summed E-state index contributed by atoms with van der Waals surface area (Å²) in [5.74, 6) is 0.0894. The molecule has 0 amide bonds. The molecule has 0 N–H and O–H groups in total. The molecule has 1 aromatic rings. The molecule has 92 valence electrons. The van der Waals surface area contributed by atoms with E-state index in [9.17, 15) is 10.1 Å². The molecule has 0 aromatic heterocycles. The van der Waals surface area contributed by atoms with E-state index in [1.165, 1.54) is 5.56 Å². The minimum absolute atomic E-state index is 0.0894. The third kappa shape index (κ3) is 2.06. The van der Waals surface area contributed by atoms with Crippen molar-refractivity contribution in [1.29, 1.82) is 0 Å². The molecule has 0 heterocycles. The van der Waals surface area contributed by atoms with Crippen molar-refractivity contribution in [2.75, 3.05) is 0 Å². The van der Waals surface area contributed by atoms with Crippen molar-refractivity contribution in [3.63, 3.8) is 0 Å². The maximum Gasteiger partial charge on any atom is 0.227 e. The van der Waals surface area contributed by atoms with Crippen LogP contribution in [0.5, 0.6) is 0 Å². The fourth-order valence-corrected chi connectivity index (χ4v) is 2.25. The van der Waals surface area contributed by atoms with Gasteiger partial charge in [0.15, 0.2) is 0 Å². The lowest BCUT2D eigenvalue weighted by atomic mass is 9.86. The van der Waals surface area contributed by atoms with Gasteiger partial charge >= 0.3 is 0 Å². The maximum atomic E-state index is 10.9. The number of hydrogen-bond donors (Lipinski definition) is 0. The summed E-state index contributed by atoms with van der Waals surface area (Å²) in [6.07, 6.45) is 0.662. The summed E-state index contributed by atoms with van der Waals surface area (Å²) in [6.45, 7) is 8.23. The van der Waals surface area contributed by atoms with E-state index in [0.717, 1.165) is 5.56 Å². The van der Waals surface area contributed by atoms with Crippen LogP contribution in [0.25, 0.3) is 0 Å². The quantitative estimate of drug-likeness (QED) is 0.579. The molecular formula is C14H19NO2. The normalized spacial score (nSPS) is 27.9. The zero-order chi connectivity index (χ0) is 12.8. The predicted molar refractivity (Wildman–Crippen MR) is 67.9 cm³/mol. The minimum atomic E-state index is -0.733. The van der Waals surface area contributed by atoms with Gasteiger partial charge < -0.3 is 0 Å². The van der Waals surface area contributed by atoms with Crippen molar-refractivity contribution in [1.82, 2.24) is 0 Å². The zero-order valence-electron chi connectivity index (χ0n) is 10.9. The van der Waals surface area contributed by atoms with Crippen LogP contribution < -0.4 is 0 Å². The van der Waals surface area contributed by atoms with Crippen molar-refractivity contribution in [3.8, 4) is 0 Å². The van der Waals surface area contributed by atoms with Crippen molar-refractivity contribution in [2.45, 2.75) is 51.0 Å². The molecule has 17 heavy (non-hydrogen) atoms. The van der Waals surface area contributed by atoms with Gasteiger partial charge in [-0.3, -0.25) is 10.1 Å². The molecule has 2 atom stereocenters. The largest absolute Gasteiger partial charge is 0.264 e. The highest BCUT2D eigenvalue weighted by atomic mass is 16.6. The van der Waals surface area contributed by atoms with Crippen molar-refractivity contribution < 1.29 is 4.92 Å². The fourth-order valence-electron chi connectivity index (χ4n) is 2.25. The van der Waals surface area contributed by atoms with Gasteiger partial charge in [0.1, 0.15) is 0 Å². The van der Waals surface area contributed by atoms with E-state index < -0.39 is 5.54 Å². The first-order chi connectivity index (χ1) is 7.75. The lowest BCUT2D eigenvalue weighted by molar-refractivity contribution is -0.535. The molecule has 0 radical (unpaired) electrons. The van der Waals surface area contributed by atoms with E-state index in [1.807, 2.05) is 12.1 Å². The lowest BCUT2D eigenvalue weighted by Crippen LogP contribution is -2.18. The number of hydrogen-bond acceptors (Lipinski definition) is 2. The average Bonchev–Trinajstić information content (AvgIpc) is 2.91. The summed E-state index contributed by atoms with van der Waals surface area (Å²) in [7, 11) is 0. The highest BCUT2D eigenvalue weighted by molar-refractivity contribution is 5.35. The average molecular weight is 233 g/mol. The molecule has 0 saturated heterocycles. The van der Waals surface area contributed by atoms with Crippen LogP contribution in [0.4, 0.5) is 0 Å². The Morgan fingerprint density at radius 3 is 2.18 bits per heavy atom. The lowest BCUT2D eigenvalue weighted by Gasteiger charge is -2.19. The Morgan fingerprint density at radius 2 is 1.82 bits per heavy atom. The van der Waals surface area contributed by atoms with Crippen LogP contribution in [0.2, 0.25) is 0 Å². The van der Waals surface area contributed by atoms with Gasteiger partial charge in [0.05, 0.1) is 5.92 Å². The van der Waals surface area contributed by atoms with Gasteiger partial charge in [-0.25, -0.2) is 0 Å². The number of nitrogens with zero attached hydrogens (tertiary/aromatic N) is 1. The Bertz CT molecular complexity index is 444. The maximum absolute atomic E-state index is 10.9. The monoisotopic (exact) mass is 233 g/mol. The molecule has 1 fully saturated rings. The molecule has 1 aromatic carbocycles.